The molecule has 0 fully saturated rings. The minimum Gasteiger partial charge on any atom is -0.610 e. The van der Waals surface area contributed by atoms with Crippen molar-refractivity contribution in [3.63, 3.8) is 0 Å². The molecule has 0 spiro atoms. The van der Waals surface area contributed by atoms with Crippen molar-refractivity contribution < 1.29 is 12.3 Å². The molecule has 0 aliphatic heterocycles. The van der Waals surface area contributed by atoms with Gasteiger partial charge in [-0.1, -0.05) is 78.9 Å². The maximum atomic E-state index is 6.57. The monoisotopic (exact) mass is 526 g/mol. The molecular formula is C33H27AlN2O3. The molecule has 0 bridgehead atoms. The molecule has 6 aromatic rings. The van der Waals surface area contributed by atoms with Gasteiger partial charge in [-0.2, -0.15) is 0 Å². The van der Waals surface area contributed by atoms with E-state index in [0.29, 0.717) is 11.5 Å². The van der Waals surface area contributed by atoms with Gasteiger partial charge >= 0.3 is 14.8 Å². The molecule has 6 heteroatoms. The molecule has 0 aliphatic rings. The van der Waals surface area contributed by atoms with Gasteiger partial charge in [0.2, 0.25) is 0 Å². The van der Waals surface area contributed by atoms with E-state index in [9.17, 15) is 0 Å². The molecule has 0 amide bonds. The Labute approximate surface area is 232 Å². The number of fused-ring (bicyclic) bond motifs is 2. The maximum Gasteiger partial charge on any atom is 0.899 e. The third-order valence-corrected chi connectivity index (χ3v) is 8.00. The number of ether oxygens (including phenoxy) is 1. The van der Waals surface area contributed by atoms with Gasteiger partial charge in [0.15, 0.2) is 0 Å². The fraction of sp³-hybridized carbons (Fsp3) is 0.0909. The first-order valence-electron chi connectivity index (χ1n) is 13.0. The summed E-state index contributed by atoms with van der Waals surface area (Å²) in [5.74, 6) is 2.16. The predicted molar refractivity (Wildman–Crippen MR) is 157 cm³/mol. The van der Waals surface area contributed by atoms with Crippen LogP contribution in [0.25, 0.3) is 32.9 Å². The Kier molecular flexibility index (Phi) is 7.14. The molecule has 5 nitrogen and oxygen atoms in total. The van der Waals surface area contributed by atoms with Crippen LogP contribution in [-0.4, -0.2) is 30.3 Å². The van der Waals surface area contributed by atoms with Crippen LogP contribution in [0, 0.1) is 13.8 Å². The third-order valence-electron chi connectivity index (χ3n) is 6.51. The van der Waals surface area contributed by atoms with Crippen molar-refractivity contribution in [3.05, 3.63) is 127 Å². The minimum atomic E-state index is -2.45. The van der Waals surface area contributed by atoms with Crippen LogP contribution in [0.5, 0.6) is 17.2 Å². The Hall–Kier alpha value is -4.37. The fourth-order valence-electron chi connectivity index (χ4n) is 4.55. The summed E-state index contributed by atoms with van der Waals surface area (Å²) >= 11 is -2.45. The van der Waals surface area contributed by atoms with Crippen LogP contribution in [0.1, 0.15) is 11.4 Å². The highest BCUT2D eigenvalue weighted by Crippen LogP contribution is 2.28. The summed E-state index contributed by atoms with van der Waals surface area (Å²) < 4.78 is 19.4. The van der Waals surface area contributed by atoms with Crippen molar-refractivity contribution in [1.29, 1.82) is 0 Å². The zero-order valence-corrected chi connectivity index (χ0v) is 23.0. The minimum absolute atomic E-state index is 0.289. The fourth-order valence-corrected chi connectivity index (χ4v) is 5.98. The summed E-state index contributed by atoms with van der Waals surface area (Å²) in [5.41, 5.74) is 6.11. The summed E-state index contributed by atoms with van der Waals surface area (Å²) in [4.78, 5) is 9.45. The number of hydrogen-bond donors (Lipinski definition) is 0. The molecule has 190 valence electrons. The van der Waals surface area contributed by atoms with E-state index in [0.717, 1.165) is 50.1 Å². The third kappa shape index (κ3) is 5.73. The lowest BCUT2D eigenvalue weighted by Gasteiger charge is -2.19. The number of para-hydroxylation sites is 2. The van der Waals surface area contributed by atoms with Gasteiger partial charge < -0.3 is 12.3 Å². The van der Waals surface area contributed by atoms with Gasteiger partial charge in [-0.3, -0.25) is 0 Å². The Morgan fingerprint density at radius 3 is 1.79 bits per heavy atom. The maximum absolute atomic E-state index is 6.57. The van der Waals surface area contributed by atoms with Crippen LogP contribution < -0.4 is 12.3 Å². The Morgan fingerprint density at radius 1 is 0.538 bits per heavy atom. The number of benzene rings is 4. The Morgan fingerprint density at radius 2 is 1.13 bits per heavy atom. The van der Waals surface area contributed by atoms with Gasteiger partial charge in [0.05, 0.1) is 5.75 Å². The van der Waals surface area contributed by atoms with Gasteiger partial charge in [-0.25, -0.2) is 9.97 Å². The number of nitrogens with zero attached hydrogens (tertiary/aromatic N) is 2. The first kappa shape index (κ1) is 24.9. The molecule has 2 heterocycles. The summed E-state index contributed by atoms with van der Waals surface area (Å²) in [7, 11) is 0. The zero-order valence-electron chi connectivity index (χ0n) is 21.9. The first-order chi connectivity index (χ1) is 19.1. The lowest BCUT2D eigenvalue weighted by molar-refractivity contribution is 0.320. The van der Waals surface area contributed by atoms with Crippen LogP contribution in [-0.2, 0) is 0 Å². The number of aryl methyl sites for hydroxylation is 2. The van der Waals surface area contributed by atoms with E-state index < -0.39 is 14.8 Å². The van der Waals surface area contributed by atoms with Gasteiger partial charge in [0.1, 0.15) is 28.0 Å². The van der Waals surface area contributed by atoms with Gasteiger partial charge in [0.25, 0.3) is 0 Å². The summed E-state index contributed by atoms with van der Waals surface area (Å²) in [6, 6.07) is 38.4. The second-order valence-corrected chi connectivity index (χ2v) is 11.1. The van der Waals surface area contributed by atoms with Crippen LogP contribution in [0.2, 0.25) is 0 Å². The molecule has 0 N–H and O–H groups in total. The van der Waals surface area contributed by atoms with Crippen LogP contribution in [0.4, 0.5) is 0 Å². The zero-order chi connectivity index (χ0) is 26.6. The van der Waals surface area contributed by atoms with Crippen molar-refractivity contribution in [2.24, 2.45) is 0 Å². The second kappa shape index (κ2) is 11.2. The van der Waals surface area contributed by atoms with Gasteiger partial charge in [0, 0.05) is 22.2 Å². The number of hydrogen-bond acceptors (Lipinski definition) is 5. The van der Waals surface area contributed by atoms with Crippen molar-refractivity contribution in [2.75, 3.05) is 5.47 Å². The van der Waals surface area contributed by atoms with Gasteiger partial charge in [-0.15, -0.1) is 0 Å². The lowest BCUT2D eigenvalue weighted by Crippen LogP contribution is -2.37. The van der Waals surface area contributed by atoms with E-state index in [2.05, 4.69) is 36.4 Å². The number of rotatable bonds is 8. The Bertz CT molecular complexity index is 1740. The van der Waals surface area contributed by atoms with E-state index >= 15 is 0 Å². The molecule has 39 heavy (non-hydrogen) atoms. The lowest BCUT2D eigenvalue weighted by atomic mass is 10.1. The predicted octanol–water partition coefficient (Wildman–Crippen LogP) is 7.63. The largest absolute Gasteiger partial charge is 0.899 e. The highest BCUT2D eigenvalue weighted by molar-refractivity contribution is 6.46. The van der Waals surface area contributed by atoms with Crippen molar-refractivity contribution >= 4 is 36.6 Å². The molecule has 0 saturated heterocycles. The van der Waals surface area contributed by atoms with Crippen molar-refractivity contribution in [3.8, 4) is 28.4 Å². The topological polar surface area (TPSA) is 53.5 Å². The van der Waals surface area contributed by atoms with E-state index in [-0.39, 0.29) is 5.47 Å². The molecule has 0 atom stereocenters. The second-order valence-electron chi connectivity index (χ2n) is 9.43. The smallest absolute Gasteiger partial charge is 0.610 e. The highest BCUT2D eigenvalue weighted by Gasteiger charge is 2.35. The average Bonchev–Trinajstić information content (AvgIpc) is 2.97. The standard InChI is InChI=1S/C12H10O.C11H10NO.C10H9NO.Al/c13-12-8-6-11(7-9-12)10-4-2-1-3-5-10;1-8-6-7-9-4-3-5-10(13-2)11(9)12-8;1-7-5-6-8-3-2-4-9(12)10(8)11-7;/h1-9,13H;3-7H,2H2,1H3;2-6,12H,1H3;/q;;;+2/p-2. The van der Waals surface area contributed by atoms with E-state index in [1.54, 1.807) is 0 Å². The van der Waals surface area contributed by atoms with Crippen LogP contribution in [0.3, 0.4) is 0 Å². The molecule has 0 unspecified atom stereocenters. The first-order valence-corrected chi connectivity index (χ1v) is 14.7. The molecule has 0 aliphatic carbocycles. The molecule has 0 radical (unpaired) electrons. The van der Waals surface area contributed by atoms with Gasteiger partial charge in [-0.05, 0) is 61.4 Å². The summed E-state index contributed by atoms with van der Waals surface area (Å²) in [6.07, 6.45) is 0. The van der Waals surface area contributed by atoms with Crippen LogP contribution >= 0.6 is 0 Å². The molecule has 6 rings (SSSR count). The van der Waals surface area contributed by atoms with E-state index in [1.807, 2.05) is 92.7 Å². The van der Waals surface area contributed by atoms with Crippen molar-refractivity contribution in [2.45, 2.75) is 13.8 Å². The molecular weight excluding hydrogens is 499 g/mol. The van der Waals surface area contributed by atoms with Crippen LogP contribution in [0.15, 0.2) is 115 Å². The number of aromatic nitrogens is 2. The SMILES string of the molecule is Cc1ccc2cccc(O[CH2][Al]([O]c3ccc(-c4ccccc4)cc3)[O]c3cccc4ccc(C)nc34)c2n1. The van der Waals surface area contributed by atoms with E-state index in [4.69, 9.17) is 22.3 Å². The van der Waals surface area contributed by atoms with Crippen molar-refractivity contribution in [1.82, 2.24) is 9.97 Å². The molecule has 2 aromatic heterocycles. The average molecular weight is 527 g/mol. The van der Waals surface area contributed by atoms with E-state index in [1.165, 1.54) is 0 Å². The Balaban J connectivity index is 1.29. The summed E-state index contributed by atoms with van der Waals surface area (Å²) in [5, 5.41) is 2.05. The molecule has 4 aromatic carbocycles. The quantitative estimate of drug-likeness (QED) is 0.191. The normalized spacial score (nSPS) is 10.9. The highest BCUT2D eigenvalue weighted by atomic mass is 27.2. The number of pyridine rings is 2. The summed E-state index contributed by atoms with van der Waals surface area (Å²) in [6.45, 7) is 3.96. The molecule has 0 saturated carbocycles.